The largest absolute Gasteiger partial charge is 0.493 e. The number of aromatic nitrogens is 2. The van der Waals surface area contributed by atoms with Crippen LogP contribution in [-0.2, 0) is 0 Å². The lowest BCUT2D eigenvalue weighted by molar-refractivity contribution is 0.453. The minimum Gasteiger partial charge on any atom is -0.493 e. The lowest BCUT2D eigenvalue weighted by Gasteiger charge is -2.04. The van der Waals surface area contributed by atoms with Gasteiger partial charge in [0.05, 0.1) is 11.2 Å². The molecule has 0 aliphatic rings. The number of hydrogen-bond acceptors (Lipinski definition) is 2. The fraction of sp³-hybridized carbons (Fsp3) is 0. The van der Waals surface area contributed by atoms with Gasteiger partial charge in [-0.25, -0.2) is 4.98 Å². The Morgan fingerprint density at radius 3 is 3.06 bits per heavy atom. The molecule has 0 fully saturated rings. The summed E-state index contributed by atoms with van der Waals surface area (Å²) in [6.45, 7) is 0. The lowest BCUT2D eigenvalue weighted by Crippen LogP contribution is -1.91. The van der Waals surface area contributed by atoms with Crippen LogP contribution in [-0.4, -0.2) is 14.7 Å². The SMILES string of the molecule is Oc1cc(-n2ccc3c[c]ccc32)ccn1. The maximum absolute atomic E-state index is 9.35. The normalized spacial score (nSPS) is 10.8. The molecule has 3 nitrogen and oxygen atoms in total. The summed E-state index contributed by atoms with van der Waals surface area (Å²) in [5.41, 5.74) is 1.98. The number of benzene rings is 1. The van der Waals surface area contributed by atoms with E-state index >= 15 is 0 Å². The zero-order chi connectivity index (χ0) is 11.0. The second-order valence-corrected chi connectivity index (χ2v) is 3.54. The summed E-state index contributed by atoms with van der Waals surface area (Å²) >= 11 is 0. The summed E-state index contributed by atoms with van der Waals surface area (Å²) in [4.78, 5) is 3.77. The minimum atomic E-state index is 0.0295. The average molecular weight is 209 g/mol. The van der Waals surface area contributed by atoms with Crippen molar-refractivity contribution >= 4 is 10.9 Å². The van der Waals surface area contributed by atoms with Crippen molar-refractivity contribution < 1.29 is 5.11 Å². The van der Waals surface area contributed by atoms with Crippen LogP contribution in [0.5, 0.6) is 5.88 Å². The van der Waals surface area contributed by atoms with Crippen molar-refractivity contribution in [1.82, 2.24) is 9.55 Å². The highest BCUT2D eigenvalue weighted by Crippen LogP contribution is 2.21. The van der Waals surface area contributed by atoms with Crippen LogP contribution in [0.2, 0.25) is 0 Å². The molecule has 3 aromatic rings. The zero-order valence-electron chi connectivity index (χ0n) is 8.46. The molecule has 0 bridgehead atoms. The van der Waals surface area contributed by atoms with Crippen molar-refractivity contribution in [2.24, 2.45) is 0 Å². The molecule has 2 heterocycles. The monoisotopic (exact) mass is 209 g/mol. The van der Waals surface area contributed by atoms with Gasteiger partial charge in [-0.05, 0) is 30.3 Å². The number of nitrogens with zero attached hydrogens (tertiary/aromatic N) is 2. The molecule has 1 radical (unpaired) electrons. The Morgan fingerprint density at radius 2 is 2.19 bits per heavy atom. The van der Waals surface area contributed by atoms with Gasteiger partial charge in [0.25, 0.3) is 0 Å². The first kappa shape index (κ1) is 8.97. The van der Waals surface area contributed by atoms with Gasteiger partial charge in [0.15, 0.2) is 0 Å². The first-order valence-corrected chi connectivity index (χ1v) is 4.97. The van der Waals surface area contributed by atoms with Crippen LogP contribution < -0.4 is 0 Å². The van der Waals surface area contributed by atoms with E-state index in [1.54, 1.807) is 12.3 Å². The van der Waals surface area contributed by atoms with Gasteiger partial charge in [0, 0.05) is 23.8 Å². The highest BCUT2D eigenvalue weighted by Gasteiger charge is 2.02. The van der Waals surface area contributed by atoms with Crippen molar-refractivity contribution in [3.05, 3.63) is 54.9 Å². The summed E-state index contributed by atoms with van der Waals surface area (Å²) in [6, 6.07) is 14.4. The first-order chi connectivity index (χ1) is 7.84. The topological polar surface area (TPSA) is 38.0 Å². The minimum absolute atomic E-state index is 0.0295. The van der Waals surface area contributed by atoms with Crippen molar-refractivity contribution in [1.29, 1.82) is 0 Å². The van der Waals surface area contributed by atoms with Gasteiger partial charge in [0.2, 0.25) is 5.88 Å². The molecule has 3 heteroatoms. The van der Waals surface area contributed by atoms with Crippen molar-refractivity contribution in [2.45, 2.75) is 0 Å². The van der Waals surface area contributed by atoms with Gasteiger partial charge in [-0.2, -0.15) is 0 Å². The molecule has 0 aliphatic carbocycles. The van der Waals surface area contributed by atoms with E-state index < -0.39 is 0 Å². The van der Waals surface area contributed by atoms with Gasteiger partial charge >= 0.3 is 0 Å². The molecule has 2 aromatic heterocycles. The third-order valence-electron chi connectivity index (χ3n) is 2.54. The van der Waals surface area contributed by atoms with E-state index in [2.05, 4.69) is 11.1 Å². The van der Waals surface area contributed by atoms with E-state index in [0.29, 0.717) is 0 Å². The van der Waals surface area contributed by atoms with E-state index in [4.69, 9.17) is 0 Å². The van der Waals surface area contributed by atoms with Gasteiger partial charge in [-0.1, -0.05) is 6.07 Å². The predicted octanol–water partition coefficient (Wildman–Crippen LogP) is 2.53. The number of fused-ring (bicyclic) bond motifs is 1. The van der Waals surface area contributed by atoms with E-state index in [0.717, 1.165) is 16.6 Å². The molecule has 77 valence electrons. The van der Waals surface area contributed by atoms with Gasteiger partial charge in [0.1, 0.15) is 0 Å². The number of rotatable bonds is 1. The Balaban J connectivity index is 2.26. The van der Waals surface area contributed by atoms with Crippen LogP contribution in [0, 0.1) is 6.07 Å². The molecular weight excluding hydrogens is 200 g/mol. The van der Waals surface area contributed by atoms with E-state index in [9.17, 15) is 5.11 Å². The lowest BCUT2D eigenvalue weighted by atomic mass is 10.2. The second-order valence-electron chi connectivity index (χ2n) is 3.54. The smallest absolute Gasteiger partial charge is 0.212 e. The Morgan fingerprint density at radius 1 is 1.25 bits per heavy atom. The molecule has 0 saturated carbocycles. The number of aromatic hydroxyl groups is 1. The molecular formula is C13H9N2O. The first-order valence-electron chi connectivity index (χ1n) is 4.97. The van der Waals surface area contributed by atoms with Crippen LogP contribution in [0.25, 0.3) is 16.6 Å². The second kappa shape index (κ2) is 3.38. The summed E-state index contributed by atoms with van der Waals surface area (Å²) < 4.78 is 2.00. The number of hydrogen-bond donors (Lipinski definition) is 1. The quantitative estimate of drug-likeness (QED) is 0.668. The van der Waals surface area contributed by atoms with Gasteiger partial charge in [-0.3, -0.25) is 0 Å². The van der Waals surface area contributed by atoms with E-state index in [1.807, 2.05) is 41.1 Å². The summed E-state index contributed by atoms with van der Waals surface area (Å²) in [7, 11) is 0. The highest BCUT2D eigenvalue weighted by atomic mass is 16.3. The molecule has 16 heavy (non-hydrogen) atoms. The molecule has 0 aliphatic heterocycles. The molecule has 1 N–H and O–H groups in total. The molecule has 0 saturated heterocycles. The van der Waals surface area contributed by atoms with Gasteiger partial charge in [-0.15, -0.1) is 0 Å². The van der Waals surface area contributed by atoms with Gasteiger partial charge < -0.3 is 9.67 Å². The Labute approximate surface area is 92.6 Å². The molecule has 1 aromatic carbocycles. The third-order valence-corrected chi connectivity index (χ3v) is 2.54. The van der Waals surface area contributed by atoms with Crippen LogP contribution in [0.1, 0.15) is 0 Å². The van der Waals surface area contributed by atoms with Crippen LogP contribution in [0.3, 0.4) is 0 Å². The van der Waals surface area contributed by atoms with Crippen molar-refractivity contribution in [2.75, 3.05) is 0 Å². The van der Waals surface area contributed by atoms with Crippen LogP contribution >= 0.6 is 0 Å². The maximum Gasteiger partial charge on any atom is 0.212 e. The fourth-order valence-corrected chi connectivity index (χ4v) is 1.81. The average Bonchev–Trinajstić information content (AvgIpc) is 2.72. The molecule has 0 spiro atoms. The number of pyridine rings is 1. The van der Waals surface area contributed by atoms with Crippen LogP contribution in [0.15, 0.2) is 48.8 Å². The maximum atomic E-state index is 9.35. The van der Waals surface area contributed by atoms with E-state index in [-0.39, 0.29) is 5.88 Å². The summed E-state index contributed by atoms with van der Waals surface area (Å²) in [6.07, 6.45) is 3.55. The molecule has 3 rings (SSSR count). The van der Waals surface area contributed by atoms with E-state index in [1.165, 1.54) is 0 Å². The fourth-order valence-electron chi connectivity index (χ4n) is 1.81. The summed E-state index contributed by atoms with van der Waals surface area (Å²) in [5.74, 6) is 0.0295. The third kappa shape index (κ3) is 1.34. The van der Waals surface area contributed by atoms with Crippen molar-refractivity contribution in [3.63, 3.8) is 0 Å². The Bertz CT molecular complexity index is 643. The van der Waals surface area contributed by atoms with Crippen LogP contribution in [0.4, 0.5) is 0 Å². The summed E-state index contributed by atoms with van der Waals surface area (Å²) in [5, 5.41) is 10.5. The molecule has 0 amide bonds. The zero-order valence-corrected chi connectivity index (χ0v) is 8.46. The molecule has 0 unspecified atom stereocenters. The Kier molecular flexibility index (Phi) is 1.90. The van der Waals surface area contributed by atoms with Crippen molar-refractivity contribution in [3.8, 4) is 11.6 Å². The molecule has 0 atom stereocenters. The highest BCUT2D eigenvalue weighted by molar-refractivity contribution is 5.81. The predicted molar refractivity (Wildman–Crippen MR) is 61.6 cm³/mol. The standard InChI is InChI=1S/C13H9N2O/c16-13-9-11(5-7-14-13)15-8-6-10-3-1-2-4-12(10)15/h2-9H,(H,14,16). The Hall–Kier alpha value is -2.29.